The van der Waals surface area contributed by atoms with Crippen LogP contribution in [0.15, 0.2) is 0 Å². The van der Waals surface area contributed by atoms with Gasteiger partial charge < -0.3 is 32.1 Å². The van der Waals surface area contributed by atoms with E-state index in [1.165, 1.54) is 6.92 Å². The molecule has 0 spiro atoms. The Kier molecular flexibility index (Phi) is 10.2. The van der Waals surface area contributed by atoms with Gasteiger partial charge in [0.15, 0.2) is 0 Å². The van der Waals surface area contributed by atoms with Crippen LogP contribution in [0.1, 0.15) is 52.9 Å². The van der Waals surface area contributed by atoms with E-state index in [0.717, 1.165) is 13.0 Å². The van der Waals surface area contributed by atoms with Crippen molar-refractivity contribution in [3.63, 3.8) is 0 Å². The van der Waals surface area contributed by atoms with Gasteiger partial charge in [0.2, 0.25) is 23.6 Å². The summed E-state index contributed by atoms with van der Waals surface area (Å²) < 4.78 is 0. The number of rotatable bonds is 12. The number of nitrogens with two attached hydrogens (primary N) is 1. The molecule has 0 aromatic carbocycles. The molecule has 170 valence electrons. The number of nitrogens with one attached hydrogen (secondary N) is 4. The Balaban J connectivity index is 2.87. The van der Waals surface area contributed by atoms with Crippen molar-refractivity contribution < 1.29 is 29.1 Å². The van der Waals surface area contributed by atoms with Crippen molar-refractivity contribution in [1.29, 1.82) is 0 Å². The van der Waals surface area contributed by atoms with Crippen molar-refractivity contribution in [2.45, 2.75) is 77.0 Å². The summed E-state index contributed by atoms with van der Waals surface area (Å²) in [6.45, 7) is 5.80. The summed E-state index contributed by atoms with van der Waals surface area (Å²) in [6.07, 6.45) is 1.63. The average Bonchev–Trinajstić information content (AvgIpc) is 3.18. The zero-order valence-electron chi connectivity index (χ0n) is 17.7. The lowest BCUT2D eigenvalue weighted by atomic mass is 10.0. The molecule has 1 aliphatic rings. The third-order valence-corrected chi connectivity index (χ3v) is 4.76. The molecular formula is C19H33N5O6. The fraction of sp³-hybridized carbons (Fsp3) is 0.737. The minimum absolute atomic E-state index is 0.0857. The number of amides is 4. The first-order chi connectivity index (χ1) is 14.0. The predicted octanol–water partition coefficient (Wildman–Crippen LogP) is -1.39. The molecule has 0 unspecified atom stereocenters. The summed E-state index contributed by atoms with van der Waals surface area (Å²) in [4.78, 5) is 59.9. The van der Waals surface area contributed by atoms with Crippen LogP contribution >= 0.6 is 0 Å². The number of carboxylic acid groups (broad SMARTS) is 1. The van der Waals surface area contributed by atoms with Crippen molar-refractivity contribution >= 4 is 29.6 Å². The molecule has 1 saturated heterocycles. The number of hydrogen-bond donors (Lipinski definition) is 6. The van der Waals surface area contributed by atoms with E-state index >= 15 is 0 Å². The Bertz CT molecular complexity index is 647. The van der Waals surface area contributed by atoms with Gasteiger partial charge in [0, 0.05) is 6.42 Å². The molecular weight excluding hydrogens is 394 g/mol. The predicted molar refractivity (Wildman–Crippen MR) is 108 cm³/mol. The molecule has 1 heterocycles. The lowest BCUT2D eigenvalue weighted by Gasteiger charge is -2.25. The summed E-state index contributed by atoms with van der Waals surface area (Å²) in [6, 6.07) is -3.58. The number of aliphatic carboxylic acids is 1. The molecule has 1 aliphatic heterocycles. The molecule has 1 fully saturated rings. The minimum atomic E-state index is -1.24. The van der Waals surface area contributed by atoms with E-state index in [4.69, 9.17) is 10.8 Å². The van der Waals surface area contributed by atoms with E-state index in [1.807, 2.05) is 13.8 Å². The van der Waals surface area contributed by atoms with Crippen LogP contribution in [0.5, 0.6) is 0 Å². The summed E-state index contributed by atoms with van der Waals surface area (Å²) in [5.74, 6) is -3.42. The highest BCUT2D eigenvalue weighted by molar-refractivity contribution is 5.94. The first-order valence-corrected chi connectivity index (χ1v) is 10.2. The molecule has 0 aliphatic carbocycles. The molecule has 0 radical (unpaired) electrons. The van der Waals surface area contributed by atoms with Gasteiger partial charge in [0.25, 0.3) is 0 Å². The van der Waals surface area contributed by atoms with Crippen LogP contribution in [0.3, 0.4) is 0 Å². The van der Waals surface area contributed by atoms with Gasteiger partial charge in [-0.3, -0.25) is 24.0 Å². The monoisotopic (exact) mass is 427 g/mol. The number of carbonyl (C=O) groups excluding carboxylic acids is 4. The average molecular weight is 428 g/mol. The molecule has 1 rings (SSSR count). The zero-order valence-corrected chi connectivity index (χ0v) is 17.7. The number of carbonyl (C=O) groups is 5. The van der Waals surface area contributed by atoms with Crippen LogP contribution in [-0.2, 0) is 24.0 Å². The third-order valence-electron chi connectivity index (χ3n) is 4.76. The Morgan fingerprint density at radius 3 is 2.17 bits per heavy atom. The van der Waals surface area contributed by atoms with Crippen LogP contribution in [-0.4, -0.2) is 65.4 Å². The zero-order chi connectivity index (χ0) is 22.8. The van der Waals surface area contributed by atoms with Crippen molar-refractivity contribution in [3.8, 4) is 0 Å². The van der Waals surface area contributed by atoms with Gasteiger partial charge in [-0.25, -0.2) is 0 Å². The lowest BCUT2D eigenvalue weighted by Crippen LogP contribution is -2.57. The van der Waals surface area contributed by atoms with Crippen LogP contribution in [0.2, 0.25) is 0 Å². The first-order valence-electron chi connectivity index (χ1n) is 10.2. The fourth-order valence-electron chi connectivity index (χ4n) is 3.09. The topological polar surface area (TPSA) is 180 Å². The Hall–Kier alpha value is -2.69. The standard InChI is InChI=1S/C19H33N5O6/c1-10(2)9-14(24-16(26)12-5-4-8-21-12)18(28)23-13(6-7-15(20)25)17(27)22-11(3)19(29)30/h10-14,21H,4-9H2,1-3H3,(H2,20,25)(H,22,27)(H,23,28)(H,24,26)(H,29,30)/t11-,12-,13-,14-/m0/s1. The van der Waals surface area contributed by atoms with E-state index in [2.05, 4.69) is 21.3 Å². The molecule has 11 heteroatoms. The van der Waals surface area contributed by atoms with Gasteiger partial charge in [-0.2, -0.15) is 0 Å². The van der Waals surface area contributed by atoms with Crippen LogP contribution in [0, 0.1) is 5.92 Å². The summed E-state index contributed by atoms with van der Waals surface area (Å²) in [5, 5.41) is 19.6. The van der Waals surface area contributed by atoms with E-state index in [9.17, 15) is 24.0 Å². The number of hydrogen-bond acceptors (Lipinski definition) is 6. The van der Waals surface area contributed by atoms with Gasteiger partial charge in [0.05, 0.1) is 6.04 Å². The summed E-state index contributed by atoms with van der Waals surface area (Å²) in [5.41, 5.74) is 5.14. The van der Waals surface area contributed by atoms with Gasteiger partial charge >= 0.3 is 5.97 Å². The second-order valence-corrected chi connectivity index (χ2v) is 7.97. The van der Waals surface area contributed by atoms with Gasteiger partial charge in [0.1, 0.15) is 18.1 Å². The van der Waals surface area contributed by atoms with Gasteiger partial charge in [-0.1, -0.05) is 13.8 Å². The Morgan fingerprint density at radius 2 is 1.67 bits per heavy atom. The summed E-state index contributed by atoms with van der Waals surface area (Å²) >= 11 is 0. The maximum absolute atomic E-state index is 12.8. The second kappa shape index (κ2) is 12.1. The highest BCUT2D eigenvalue weighted by Gasteiger charge is 2.31. The van der Waals surface area contributed by atoms with Crippen molar-refractivity contribution in [1.82, 2.24) is 21.3 Å². The molecule has 4 amide bonds. The van der Waals surface area contributed by atoms with Crippen molar-refractivity contribution in [2.75, 3.05) is 6.54 Å². The quantitative estimate of drug-likeness (QED) is 0.222. The molecule has 11 nitrogen and oxygen atoms in total. The van der Waals surface area contributed by atoms with E-state index in [-0.39, 0.29) is 30.7 Å². The van der Waals surface area contributed by atoms with E-state index in [1.54, 1.807) is 0 Å². The number of primary amides is 1. The molecule has 4 atom stereocenters. The fourth-order valence-corrected chi connectivity index (χ4v) is 3.09. The third kappa shape index (κ3) is 8.76. The van der Waals surface area contributed by atoms with Crippen LogP contribution in [0.4, 0.5) is 0 Å². The SMILES string of the molecule is CC(C)C[C@H](NC(=O)[C@@H]1CCCN1)C(=O)N[C@@H](CCC(N)=O)C(=O)N[C@@H](C)C(=O)O. The number of carboxylic acids is 1. The van der Waals surface area contributed by atoms with Crippen molar-refractivity contribution in [2.24, 2.45) is 11.7 Å². The molecule has 30 heavy (non-hydrogen) atoms. The molecule has 0 aromatic rings. The molecule has 7 N–H and O–H groups in total. The highest BCUT2D eigenvalue weighted by atomic mass is 16.4. The molecule has 0 aromatic heterocycles. The minimum Gasteiger partial charge on any atom is -0.480 e. The lowest BCUT2D eigenvalue weighted by molar-refractivity contribution is -0.142. The Morgan fingerprint density at radius 1 is 1.03 bits per heavy atom. The normalized spacial score (nSPS) is 18.9. The largest absolute Gasteiger partial charge is 0.480 e. The maximum Gasteiger partial charge on any atom is 0.325 e. The van der Waals surface area contributed by atoms with Gasteiger partial charge in [-0.15, -0.1) is 0 Å². The van der Waals surface area contributed by atoms with Crippen LogP contribution in [0.25, 0.3) is 0 Å². The molecule has 0 bridgehead atoms. The summed E-state index contributed by atoms with van der Waals surface area (Å²) in [7, 11) is 0. The second-order valence-electron chi connectivity index (χ2n) is 7.97. The van der Waals surface area contributed by atoms with E-state index in [0.29, 0.717) is 12.8 Å². The highest BCUT2D eigenvalue weighted by Crippen LogP contribution is 2.10. The van der Waals surface area contributed by atoms with E-state index < -0.39 is 41.8 Å². The van der Waals surface area contributed by atoms with Crippen LogP contribution < -0.4 is 27.0 Å². The maximum atomic E-state index is 12.8. The van der Waals surface area contributed by atoms with Gasteiger partial charge in [-0.05, 0) is 45.1 Å². The molecule has 0 saturated carbocycles. The van der Waals surface area contributed by atoms with Crippen molar-refractivity contribution in [3.05, 3.63) is 0 Å². The Labute approximate surface area is 175 Å². The first kappa shape index (κ1) is 25.3. The smallest absolute Gasteiger partial charge is 0.325 e.